The van der Waals surface area contributed by atoms with E-state index in [1.165, 1.54) is 0 Å². The summed E-state index contributed by atoms with van der Waals surface area (Å²) in [5, 5.41) is 44.2. The molecule has 0 unspecified atom stereocenters. The molecule has 3 aromatic carbocycles. The monoisotopic (exact) mass is 632 g/mol. The van der Waals surface area contributed by atoms with Crippen LogP contribution in [0.1, 0.15) is 112 Å². The van der Waals surface area contributed by atoms with Crippen molar-refractivity contribution < 1.29 is 20.4 Å². The molecule has 0 amide bonds. The Morgan fingerprint density at radius 2 is 0.739 bits per heavy atom. The minimum atomic E-state index is -0.217. The van der Waals surface area contributed by atoms with Gasteiger partial charge < -0.3 is 20.4 Å². The number of phenols is 3. The molecule has 0 aromatic heterocycles. The minimum absolute atomic E-state index is 0.0000723. The van der Waals surface area contributed by atoms with Crippen LogP contribution in [0.5, 0.6) is 17.2 Å². The zero-order valence-electron chi connectivity index (χ0n) is 30.6. The van der Waals surface area contributed by atoms with E-state index >= 15 is 0 Å². The maximum Gasteiger partial charge on any atom is 0.123 e. The summed E-state index contributed by atoms with van der Waals surface area (Å²) < 4.78 is 0. The SMILES string of the molecule is Cc1cc(CN(CCO)CCN(Cc2cc(C)cc(C(C)(C)C)c2O)Cc2cc(C)cc(C(C)(C)C)c2O)c(O)c(C(C)(C)C)c1. The lowest BCUT2D eigenvalue weighted by Crippen LogP contribution is -2.36. The first kappa shape index (κ1) is 37.4. The molecule has 0 spiro atoms. The molecule has 46 heavy (non-hydrogen) atoms. The lowest BCUT2D eigenvalue weighted by atomic mass is 9.83. The zero-order valence-corrected chi connectivity index (χ0v) is 30.6. The summed E-state index contributed by atoms with van der Waals surface area (Å²) in [5.74, 6) is 0.953. The predicted octanol–water partition coefficient (Wildman–Crippen LogP) is 8.12. The van der Waals surface area contributed by atoms with Crippen molar-refractivity contribution in [2.75, 3.05) is 26.2 Å². The minimum Gasteiger partial charge on any atom is -0.507 e. The van der Waals surface area contributed by atoms with Crippen molar-refractivity contribution in [2.45, 2.75) is 119 Å². The number of aryl methyl sites for hydroxylation is 3. The Hall–Kier alpha value is -3.06. The predicted molar refractivity (Wildman–Crippen MR) is 191 cm³/mol. The molecule has 254 valence electrons. The number of benzene rings is 3. The summed E-state index contributed by atoms with van der Waals surface area (Å²) >= 11 is 0. The Morgan fingerprint density at radius 1 is 0.457 bits per heavy atom. The van der Waals surface area contributed by atoms with Crippen molar-refractivity contribution in [3.8, 4) is 17.2 Å². The van der Waals surface area contributed by atoms with Gasteiger partial charge in [-0.15, -0.1) is 0 Å². The van der Waals surface area contributed by atoms with Crippen molar-refractivity contribution in [3.63, 3.8) is 0 Å². The molecule has 0 bridgehead atoms. The molecule has 3 rings (SSSR count). The Bertz CT molecular complexity index is 1430. The van der Waals surface area contributed by atoms with Crippen LogP contribution in [0, 0.1) is 20.8 Å². The van der Waals surface area contributed by atoms with Crippen LogP contribution >= 0.6 is 0 Å². The van der Waals surface area contributed by atoms with E-state index in [1.807, 2.05) is 6.07 Å². The molecule has 0 radical (unpaired) electrons. The summed E-state index contributed by atoms with van der Waals surface area (Å²) in [6.07, 6.45) is 0. The zero-order chi connectivity index (χ0) is 34.8. The largest absolute Gasteiger partial charge is 0.507 e. The second-order valence-corrected chi connectivity index (χ2v) is 16.4. The maximum absolute atomic E-state index is 11.5. The number of aromatic hydroxyl groups is 3. The molecule has 6 nitrogen and oxygen atoms in total. The van der Waals surface area contributed by atoms with Gasteiger partial charge in [0.1, 0.15) is 17.2 Å². The number of phenolic OH excluding ortho intramolecular Hbond substituents is 3. The third-order valence-corrected chi connectivity index (χ3v) is 8.75. The fourth-order valence-electron chi connectivity index (χ4n) is 6.27. The van der Waals surface area contributed by atoms with Crippen LogP contribution in [0.3, 0.4) is 0 Å². The molecule has 6 heteroatoms. The van der Waals surface area contributed by atoms with E-state index in [-0.39, 0.29) is 22.9 Å². The lowest BCUT2D eigenvalue weighted by Gasteiger charge is -2.31. The lowest BCUT2D eigenvalue weighted by molar-refractivity contribution is 0.155. The number of hydrogen-bond acceptors (Lipinski definition) is 6. The molecule has 0 saturated heterocycles. The first-order chi connectivity index (χ1) is 21.1. The third kappa shape index (κ3) is 9.49. The van der Waals surface area contributed by atoms with Crippen molar-refractivity contribution in [1.82, 2.24) is 9.80 Å². The summed E-state index contributed by atoms with van der Waals surface area (Å²) in [6.45, 7) is 28.3. The van der Waals surface area contributed by atoms with E-state index in [9.17, 15) is 20.4 Å². The van der Waals surface area contributed by atoms with Crippen LogP contribution in [0.25, 0.3) is 0 Å². The first-order valence-corrected chi connectivity index (χ1v) is 16.7. The molecule has 0 heterocycles. The average molecular weight is 633 g/mol. The summed E-state index contributed by atoms with van der Waals surface area (Å²) in [7, 11) is 0. The molecule has 0 aliphatic heterocycles. The second kappa shape index (κ2) is 14.4. The number of aliphatic hydroxyl groups excluding tert-OH is 1. The van der Waals surface area contributed by atoms with Crippen molar-refractivity contribution in [2.24, 2.45) is 0 Å². The highest BCUT2D eigenvalue weighted by Crippen LogP contribution is 2.38. The number of aliphatic hydroxyl groups is 1. The van der Waals surface area contributed by atoms with Crippen LogP contribution in [0.4, 0.5) is 0 Å². The van der Waals surface area contributed by atoms with Crippen molar-refractivity contribution in [1.29, 1.82) is 0 Å². The topological polar surface area (TPSA) is 87.4 Å². The van der Waals surface area contributed by atoms with Crippen LogP contribution in [-0.2, 0) is 35.9 Å². The number of rotatable bonds is 11. The van der Waals surface area contributed by atoms with Gasteiger partial charge in [0, 0.05) is 56.0 Å². The fourth-order valence-corrected chi connectivity index (χ4v) is 6.27. The normalized spacial score (nSPS) is 12.8. The van der Waals surface area contributed by atoms with E-state index in [1.54, 1.807) is 0 Å². The highest BCUT2D eigenvalue weighted by atomic mass is 16.3. The van der Waals surface area contributed by atoms with Gasteiger partial charge in [0.25, 0.3) is 0 Å². The summed E-state index contributed by atoms with van der Waals surface area (Å²) in [5.41, 5.74) is 7.97. The molecule has 0 atom stereocenters. The summed E-state index contributed by atoms with van der Waals surface area (Å²) in [6, 6.07) is 12.3. The summed E-state index contributed by atoms with van der Waals surface area (Å²) in [4.78, 5) is 4.43. The smallest absolute Gasteiger partial charge is 0.123 e. The van der Waals surface area contributed by atoms with E-state index in [0.29, 0.717) is 56.5 Å². The Labute approximate surface area is 278 Å². The molecular weight excluding hydrogens is 572 g/mol. The van der Waals surface area contributed by atoms with Gasteiger partial charge in [-0.3, -0.25) is 9.80 Å². The van der Waals surface area contributed by atoms with Gasteiger partial charge in [0.2, 0.25) is 0 Å². The van der Waals surface area contributed by atoms with E-state index in [4.69, 9.17) is 0 Å². The first-order valence-electron chi connectivity index (χ1n) is 16.7. The number of hydrogen-bond donors (Lipinski definition) is 4. The maximum atomic E-state index is 11.5. The van der Waals surface area contributed by atoms with Gasteiger partial charge in [-0.1, -0.05) is 115 Å². The molecule has 0 aliphatic carbocycles. The highest BCUT2D eigenvalue weighted by molar-refractivity contribution is 5.49. The average Bonchev–Trinajstić information content (AvgIpc) is 2.90. The molecule has 0 saturated carbocycles. The quantitative estimate of drug-likeness (QED) is 0.171. The molecule has 0 aliphatic rings. The highest BCUT2D eigenvalue weighted by Gasteiger charge is 2.26. The Balaban J connectivity index is 2.02. The molecule has 0 fully saturated rings. The van der Waals surface area contributed by atoms with Crippen LogP contribution < -0.4 is 0 Å². The van der Waals surface area contributed by atoms with E-state index in [0.717, 1.165) is 50.1 Å². The standard InChI is InChI=1S/C40H60N2O4/c1-26-17-29(35(44)32(20-26)38(4,5)6)23-41(15-16-43)13-14-42(24-30-18-27(2)21-33(36(30)45)39(7,8)9)25-31-19-28(3)22-34(37(31)46)40(10,11)12/h17-22,43-46H,13-16,23-25H2,1-12H3. The molecular formula is C40H60N2O4. The van der Waals surface area contributed by atoms with Gasteiger partial charge >= 0.3 is 0 Å². The third-order valence-electron chi connectivity index (χ3n) is 8.75. The van der Waals surface area contributed by atoms with E-state index < -0.39 is 0 Å². The van der Waals surface area contributed by atoms with Crippen molar-refractivity contribution >= 4 is 0 Å². The Kier molecular flexibility index (Phi) is 11.7. The van der Waals surface area contributed by atoms with Gasteiger partial charge in [-0.2, -0.15) is 0 Å². The van der Waals surface area contributed by atoms with E-state index in [2.05, 4.69) is 123 Å². The fraction of sp³-hybridized carbons (Fsp3) is 0.550. The van der Waals surface area contributed by atoms with Crippen LogP contribution in [0.2, 0.25) is 0 Å². The second-order valence-electron chi connectivity index (χ2n) is 16.4. The van der Waals surface area contributed by atoms with Crippen LogP contribution in [-0.4, -0.2) is 56.5 Å². The molecule has 3 aromatic rings. The van der Waals surface area contributed by atoms with Crippen molar-refractivity contribution in [3.05, 3.63) is 86.5 Å². The van der Waals surface area contributed by atoms with Gasteiger partial charge in [-0.05, 0) is 53.7 Å². The van der Waals surface area contributed by atoms with Crippen LogP contribution in [0.15, 0.2) is 36.4 Å². The molecule has 4 N–H and O–H groups in total. The van der Waals surface area contributed by atoms with Gasteiger partial charge in [-0.25, -0.2) is 0 Å². The number of nitrogens with zero attached hydrogens (tertiary/aromatic N) is 2. The Morgan fingerprint density at radius 3 is 1.02 bits per heavy atom. The van der Waals surface area contributed by atoms with Gasteiger partial charge in [0.15, 0.2) is 0 Å². The van der Waals surface area contributed by atoms with Gasteiger partial charge in [0.05, 0.1) is 6.61 Å².